The van der Waals surface area contributed by atoms with E-state index in [4.69, 9.17) is 9.72 Å². The van der Waals surface area contributed by atoms with E-state index in [-0.39, 0.29) is 37.4 Å². The predicted molar refractivity (Wildman–Crippen MR) is 141 cm³/mol. The van der Waals surface area contributed by atoms with E-state index in [0.29, 0.717) is 47.5 Å². The lowest BCUT2D eigenvalue weighted by atomic mass is 9.93. The smallest absolute Gasteiger partial charge is 0.260 e. The van der Waals surface area contributed by atoms with Crippen LogP contribution in [0.4, 0.5) is 32.2 Å². The van der Waals surface area contributed by atoms with Crippen molar-refractivity contribution in [3.63, 3.8) is 0 Å². The Kier molecular flexibility index (Phi) is 6.16. The van der Waals surface area contributed by atoms with Gasteiger partial charge in [0.1, 0.15) is 17.5 Å². The number of alkyl halides is 2. The molecular formula is C27H35F2N7O2. The van der Waals surface area contributed by atoms with Gasteiger partial charge in [0.25, 0.3) is 11.8 Å². The highest BCUT2D eigenvalue weighted by Gasteiger charge is 2.45. The lowest BCUT2D eigenvalue weighted by Gasteiger charge is -2.39. The zero-order valence-corrected chi connectivity index (χ0v) is 22.0. The summed E-state index contributed by atoms with van der Waals surface area (Å²) in [6, 6.07) is 5.34. The summed E-state index contributed by atoms with van der Waals surface area (Å²) < 4.78 is 32.7. The van der Waals surface area contributed by atoms with Crippen molar-refractivity contribution in [3.05, 3.63) is 29.5 Å². The van der Waals surface area contributed by atoms with E-state index < -0.39 is 5.92 Å². The first-order valence-corrected chi connectivity index (χ1v) is 13.5. The monoisotopic (exact) mass is 527 g/mol. The van der Waals surface area contributed by atoms with Crippen LogP contribution in [0.1, 0.15) is 61.5 Å². The number of hydrogen-bond acceptors (Lipinski definition) is 8. The Bertz CT molecular complexity index is 1210. The molecule has 1 aliphatic carbocycles. The third-order valence-electron chi connectivity index (χ3n) is 8.33. The van der Waals surface area contributed by atoms with E-state index in [1.807, 2.05) is 12.1 Å². The number of halogens is 2. The lowest BCUT2D eigenvalue weighted by Crippen LogP contribution is -2.53. The molecular weight excluding hydrogens is 492 g/mol. The summed E-state index contributed by atoms with van der Waals surface area (Å²) in [5.41, 5.74) is 1.47. The summed E-state index contributed by atoms with van der Waals surface area (Å²) in [4.78, 5) is 31.4. The van der Waals surface area contributed by atoms with Crippen LogP contribution < -0.4 is 20.4 Å². The number of amides is 1. The zero-order valence-electron chi connectivity index (χ0n) is 22.0. The van der Waals surface area contributed by atoms with E-state index in [2.05, 4.69) is 32.4 Å². The van der Waals surface area contributed by atoms with Crippen LogP contribution in [0, 0.1) is 12.3 Å². The standard InChI is InChI=1S/C27H35F2N7O2/c1-18-15-21(33-24(30-18)36-13-9-27(28,29)10-14-36)32-23(37)19-3-4-20(34-25(2)16-38-17-25)31-22(19)35-11-7-26(5-6-26)8-12-35/h3-4,15H,5-14,16-17H2,1-2H3,(H,31,34)(H,30,32,33,37). The Balaban J connectivity index is 1.23. The van der Waals surface area contributed by atoms with Crippen LogP contribution in [-0.4, -0.2) is 71.7 Å². The summed E-state index contributed by atoms with van der Waals surface area (Å²) in [6.45, 7) is 7.21. The Morgan fingerprint density at radius 3 is 2.24 bits per heavy atom. The van der Waals surface area contributed by atoms with E-state index in [1.54, 1.807) is 17.9 Å². The highest BCUT2D eigenvalue weighted by Crippen LogP contribution is 2.54. The number of rotatable bonds is 6. The van der Waals surface area contributed by atoms with E-state index in [9.17, 15) is 13.6 Å². The molecule has 2 aromatic rings. The van der Waals surface area contributed by atoms with Gasteiger partial charge in [-0.05, 0) is 57.1 Å². The molecule has 0 bridgehead atoms. The molecule has 1 saturated carbocycles. The van der Waals surface area contributed by atoms with Crippen LogP contribution in [-0.2, 0) is 4.74 Å². The van der Waals surface area contributed by atoms with Gasteiger partial charge >= 0.3 is 0 Å². The van der Waals surface area contributed by atoms with E-state index >= 15 is 0 Å². The molecule has 0 unspecified atom stereocenters. The quantitative estimate of drug-likeness (QED) is 0.576. The van der Waals surface area contributed by atoms with Crippen molar-refractivity contribution in [3.8, 4) is 0 Å². The fourth-order valence-electron chi connectivity index (χ4n) is 5.57. The van der Waals surface area contributed by atoms with Crippen LogP contribution in [0.5, 0.6) is 0 Å². The van der Waals surface area contributed by atoms with E-state index in [1.165, 1.54) is 12.8 Å². The highest BCUT2D eigenvalue weighted by atomic mass is 19.3. The summed E-state index contributed by atoms with van der Waals surface area (Å²) in [6.07, 6.45) is 4.36. The predicted octanol–water partition coefficient (Wildman–Crippen LogP) is 4.25. The lowest BCUT2D eigenvalue weighted by molar-refractivity contribution is -0.0320. The number of piperidine rings is 2. The molecule has 1 spiro atoms. The van der Waals surface area contributed by atoms with Gasteiger partial charge in [-0.3, -0.25) is 4.79 Å². The maximum absolute atomic E-state index is 13.6. The minimum atomic E-state index is -2.65. The number of ether oxygens (including phenoxy) is 1. The van der Waals surface area contributed by atoms with Gasteiger partial charge < -0.3 is 25.2 Å². The summed E-state index contributed by atoms with van der Waals surface area (Å²) in [7, 11) is 0. The zero-order chi connectivity index (χ0) is 26.5. The molecule has 0 atom stereocenters. The van der Waals surface area contributed by atoms with Gasteiger partial charge in [0.05, 0.1) is 24.3 Å². The maximum atomic E-state index is 13.6. The molecule has 38 heavy (non-hydrogen) atoms. The topological polar surface area (TPSA) is 95.5 Å². The number of carbonyl (C=O) groups is 1. The summed E-state index contributed by atoms with van der Waals surface area (Å²) in [5.74, 6) is -0.878. The number of nitrogens with one attached hydrogen (secondary N) is 2. The molecule has 4 aliphatic rings. The van der Waals surface area contributed by atoms with Gasteiger partial charge in [0.15, 0.2) is 0 Å². The van der Waals surface area contributed by atoms with Crippen LogP contribution in [0.25, 0.3) is 0 Å². The molecule has 9 nitrogen and oxygen atoms in total. The molecule has 0 aromatic carbocycles. The second-order valence-corrected chi connectivity index (χ2v) is 11.7. The van der Waals surface area contributed by atoms with Crippen molar-refractivity contribution in [1.82, 2.24) is 15.0 Å². The van der Waals surface area contributed by atoms with Crippen molar-refractivity contribution in [2.75, 3.05) is 59.8 Å². The number of anilines is 4. The molecule has 2 N–H and O–H groups in total. The Morgan fingerprint density at radius 2 is 1.61 bits per heavy atom. The average Bonchev–Trinajstić information content (AvgIpc) is 3.61. The SMILES string of the molecule is Cc1cc(NC(=O)c2ccc(NC3(C)COC3)nc2N2CCC3(CC2)CC3)nc(N2CCC(F)(F)CC2)n1. The number of pyridine rings is 1. The number of aromatic nitrogens is 3. The van der Waals surface area contributed by atoms with Crippen LogP contribution in [0.3, 0.4) is 0 Å². The third-order valence-corrected chi connectivity index (χ3v) is 8.33. The molecule has 5 heterocycles. The summed E-state index contributed by atoms with van der Waals surface area (Å²) in [5, 5.41) is 6.38. The second kappa shape index (κ2) is 9.29. The fourth-order valence-corrected chi connectivity index (χ4v) is 5.57. The maximum Gasteiger partial charge on any atom is 0.260 e. The number of hydrogen-bond donors (Lipinski definition) is 2. The Labute approximate surface area is 221 Å². The molecule has 1 amide bonds. The van der Waals surface area contributed by atoms with Crippen LogP contribution in [0.15, 0.2) is 18.2 Å². The van der Waals surface area contributed by atoms with Crippen molar-refractivity contribution in [1.29, 1.82) is 0 Å². The van der Waals surface area contributed by atoms with Crippen molar-refractivity contribution >= 4 is 29.3 Å². The van der Waals surface area contributed by atoms with Crippen molar-refractivity contribution < 1.29 is 18.3 Å². The molecule has 6 rings (SSSR count). The first kappa shape index (κ1) is 25.2. The molecule has 0 radical (unpaired) electrons. The fraction of sp³-hybridized carbons (Fsp3) is 0.630. The van der Waals surface area contributed by atoms with Gasteiger partial charge in [-0.15, -0.1) is 0 Å². The molecule has 3 saturated heterocycles. The molecule has 11 heteroatoms. The molecule has 3 aliphatic heterocycles. The van der Waals surface area contributed by atoms with Crippen molar-refractivity contribution in [2.24, 2.45) is 5.41 Å². The number of carbonyl (C=O) groups excluding carboxylic acids is 1. The highest BCUT2D eigenvalue weighted by molar-refractivity contribution is 6.07. The first-order valence-electron chi connectivity index (χ1n) is 13.5. The normalized spacial score (nSPS) is 23.1. The largest absolute Gasteiger partial charge is 0.376 e. The van der Waals surface area contributed by atoms with Gasteiger partial charge in [-0.25, -0.2) is 18.7 Å². The average molecular weight is 528 g/mol. The molecule has 204 valence electrons. The second-order valence-electron chi connectivity index (χ2n) is 11.7. The Hall–Kier alpha value is -3.08. The first-order chi connectivity index (χ1) is 18.1. The Morgan fingerprint density at radius 1 is 0.921 bits per heavy atom. The van der Waals surface area contributed by atoms with Gasteiger partial charge in [0.2, 0.25) is 5.95 Å². The minimum Gasteiger partial charge on any atom is -0.376 e. The van der Waals surface area contributed by atoms with Crippen LogP contribution in [0.2, 0.25) is 0 Å². The number of nitrogens with zero attached hydrogens (tertiary/aromatic N) is 5. The molecule has 2 aromatic heterocycles. The van der Waals surface area contributed by atoms with Gasteiger partial charge in [-0.1, -0.05) is 0 Å². The minimum absolute atomic E-state index is 0.165. The van der Waals surface area contributed by atoms with Crippen LogP contribution >= 0.6 is 0 Å². The molecule has 4 fully saturated rings. The van der Waals surface area contributed by atoms with Gasteiger partial charge in [-0.2, -0.15) is 4.98 Å². The third kappa shape index (κ3) is 5.25. The van der Waals surface area contributed by atoms with Crippen molar-refractivity contribution in [2.45, 2.75) is 63.8 Å². The van der Waals surface area contributed by atoms with E-state index in [0.717, 1.165) is 31.7 Å². The number of aryl methyl sites for hydroxylation is 1. The van der Waals surface area contributed by atoms with Gasteiger partial charge in [0, 0.05) is 50.8 Å². The summed E-state index contributed by atoms with van der Waals surface area (Å²) >= 11 is 0.